The second kappa shape index (κ2) is 59.9. The predicted molar refractivity (Wildman–Crippen MR) is 344 cm³/mol. The van der Waals surface area contributed by atoms with E-state index in [1.165, 1.54) is 270 Å². The summed E-state index contributed by atoms with van der Waals surface area (Å²) in [4.78, 5) is 13.2. The van der Waals surface area contributed by atoms with Crippen LogP contribution in [0.4, 0.5) is 0 Å². The van der Waals surface area contributed by atoms with Crippen molar-refractivity contribution in [1.82, 2.24) is 5.32 Å². The highest BCUT2D eigenvalue weighted by molar-refractivity contribution is 5.80. The monoisotopic (exact) mass is 1160 g/mol. The van der Waals surface area contributed by atoms with E-state index in [-0.39, 0.29) is 12.8 Å². The highest BCUT2D eigenvalue weighted by Crippen LogP contribution is 2.24. The van der Waals surface area contributed by atoms with E-state index >= 15 is 0 Å². The number of hydrogen-bond acceptors (Lipinski definition) is 10. The summed E-state index contributed by atoms with van der Waals surface area (Å²) in [5, 5.41) is 76.4. The van der Waals surface area contributed by atoms with E-state index in [0.717, 1.165) is 38.5 Å². The van der Waals surface area contributed by atoms with Crippen LogP contribution < -0.4 is 5.32 Å². The molecule has 1 heterocycles. The summed E-state index contributed by atoms with van der Waals surface area (Å²) in [5.74, 6) is -0.703. The van der Waals surface area contributed by atoms with Gasteiger partial charge in [-0.3, -0.25) is 4.79 Å². The molecule has 486 valence electrons. The molecule has 1 aliphatic rings. The van der Waals surface area contributed by atoms with Gasteiger partial charge in [0.1, 0.15) is 36.6 Å². The number of ether oxygens (including phenoxy) is 2. The molecule has 9 atom stereocenters. The van der Waals surface area contributed by atoms with Crippen molar-refractivity contribution in [2.24, 2.45) is 0 Å². The Morgan fingerprint density at radius 3 is 1.09 bits per heavy atom. The molecule has 11 nitrogen and oxygen atoms in total. The van der Waals surface area contributed by atoms with Crippen molar-refractivity contribution in [2.45, 2.75) is 409 Å². The molecule has 0 spiro atoms. The molecule has 0 aromatic rings. The van der Waals surface area contributed by atoms with Gasteiger partial charge in [-0.15, -0.1) is 0 Å². The minimum atomic E-state index is -1.67. The molecule has 9 unspecified atom stereocenters. The van der Waals surface area contributed by atoms with Gasteiger partial charge in [-0.2, -0.15) is 0 Å². The number of unbranched alkanes of at least 4 members (excludes halogenated alkanes) is 47. The van der Waals surface area contributed by atoms with Crippen LogP contribution in [0.1, 0.15) is 354 Å². The van der Waals surface area contributed by atoms with Gasteiger partial charge in [-0.05, 0) is 51.4 Å². The molecule has 11 heteroatoms. The molecule has 1 amide bonds. The first kappa shape index (κ1) is 78.6. The fraction of sp³-hybridized carbons (Fsp3) is 0.930. The second-order valence-electron chi connectivity index (χ2n) is 25.3. The Morgan fingerprint density at radius 1 is 0.415 bits per heavy atom. The summed E-state index contributed by atoms with van der Waals surface area (Å²) < 4.78 is 11.2. The van der Waals surface area contributed by atoms with Crippen LogP contribution in [-0.4, -0.2) is 110 Å². The number of carbonyl (C=O) groups is 1. The third kappa shape index (κ3) is 46.8. The van der Waals surface area contributed by atoms with Crippen LogP contribution in [0.2, 0.25) is 0 Å². The Bertz CT molecular complexity index is 1380. The highest BCUT2D eigenvalue weighted by atomic mass is 16.7. The van der Waals surface area contributed by atoms with E-state index in [9.17, 15) is 40.5 Å². The Balaban J connectivity index is 2.14. The minimum Gasteiger partial charge on any atom is -0.394 e. The number of amides is 1. The second-order valence-corrected chi connectivity index (χ2v) is 25.3. The molecule has 1 fully saturated rings. The molecule has 82 heavy (non-hydrogen) atoms. The van der Waals surface area contributed by atoms with Gasteiger partial charge < -0.3 is 50.5 Å². The van der Waals surface area contributed by atoms with Crippen molar-refractivity contribution in [3.05, 3.63) is 24.3 Å². The summed E-state index contributed by atoms with van der Waals surface area (Å²) in [6, 6.07) is -1.19. The van der Waals surface area contributed by atoms with E-state index in [4.69, 9.17) is 9.47 Å². The average molecular weight is 1160 g/mol. The lowest BCUT2D eigenvalue weighted by Gasteiger charge is -2.40. The van der Waals surface area contributed by atoms with Crippen molar-refractivity contribution in [3.63, 3.8) is 0 Å². The molecule has 0 aliphatic carbocycles. The van der Waals surface area contributed by atoms with E-state index < -0.39 is 74.2 Å². The van der Waals surface area contributed by atoms with E-state index in [0.29, 0.717) is 19.3 Å². The zero-order chi connectivity index (χ0) is 59.6. The number of hydrogen-bond donors (Lipinski definition) is 8. The molecule has 1 saturated heterocycles. The fourth-order valence-corrected chi connectivity index (χ4v) is 11.8. The first-order valence-electron chi connectivity index (χ1n) is 35.7. The number of aliphatic hydroxyl groups is 7. The first-order chi connectivity index (χ1) is 40.2. The smallest absolute Gasteiger partial charge is 0.249 e. The lowest BCUT2D eigenvalue weighted by atomic mass is 9.98. The maximum absolute atomic E-state index is 13.2. The van der Waals surface area contributed by atoms with Gasteiger partial charge in [0.2, 0.25) is 5.91 Å². The van der Waals surface area contributed by atoms with Gasteiger partial charge in [-0.25, -0.2) is 0 Å². The third-order valence-corrected chi connectivity index (χ3v) is 17.5. The summed E-state index contributed by atoms with van der Waals surface area (Å²) in [7, 11) is 0. The SMILES string of the molecule is CCCCCCCCCCCC/C=C/CC/C=C/CCCC(O)C(O)C(COC1OC(CO)C(O)C(O)C1O)NC(=O)C(O)CCCCCCCCCCCCCCCCCCCCCCCCCCCCCCCCCCCCCC. The molecule has 0 radical (unpaired) electrons. The number of allylic oxidation sites excluding steroid dienone is 4. The van der Waals surface area contributed by atoms with Crippen LogP contribution >= 0.6 is 0 Å². The Kier molecular flexibility index (Phi) is 57.4. The summed E-state index contributed by atoms with van der Waals surface area (Å²) in [5.41, 5.74) is 0. The molecule has 1 rings (SSSR count). The van der Waals surface area contributed by atoms with Gasteiger partial charge >= 0.3 is 0 Å². The van der Waals surface area contributed by atoms with Gasteiger partial charge in [0.25, 0.3) is 0 Å². The summed E-state index contributed by atoms with van der Waals surface area (Å²) in [6.45, 7) is 3.49. The Morgan fingerprint density at radius 2 is 0.732 bits per heavy atom. The number of aliphatic hydroxyl groups excluding tert-OH is 7. The molecule has 0 aromatic carbocycles. The van der Waals surface area contributed by atoms with Crippen LogP contribution in [0, 0.1) is 0 Å². The van der Waals surface area contributed by atoms with E-state index in [2.05, 4.69) is 43.5 Å². The van der Waals surface area contributed by atoms with Crippen molar-refractivity contribution < 1.29 is 50.0 Å². The van der Waals surface area contributed by atoms with E-state index in [1.807, 2.05) is 0 Å². The average Bonchev–Trinajstić information content (AvgIpc) is 3.53. The van der Waals surface area contributed by atoms with Crippen LogP contribution in [0.5, 0.6) is 0 Å². The zero-order valence-electron chi connectivity index (χ0n) is 53.8. The van der Waals surface area contributed by atoms with E-state index in [1.54, 1.807) is 0 Å². The van der Waals surface area contributed by atoms with Gasteiger partial charge in [0, 0.05) is 0 Å². The van der Waals surface area contributed by atoms with Crippen molar-refractivity contribution >= 4 is 5.91 Å². The molecule has 0 saturated carbocycles. The topological polar surface area (TPSA) is 189 Å². The largest absolute Gasteiger partial charge is 0.394 e. The molecule has 8 N–H and O–H groups in total. The normalized spacial score (nSPS) is 19.2. The molecular formula is C71H137NO10. The third-order valence-electron chi connectivity index (χ3n) is 17.5. The molecular weight excluding hydrogens is 1030 g/mol. The van der Waals surface area contributed by atoms with Crippen molar-refractivity contribution in [2.75, 3.05) is 13.2 Å². The van der Waals surface area contributed by atoms with Crippen LogP contribution in [0.25, 0.3) is 0 Å². The number of rotatable bonds is 63. The maximum Gasteiger partial charge on any atom is 0.249 e. The molecule has 0 bridgehead atoms. The summed E-state index contributed by atoms with van der Waals surface area (Å²) in [6.07, 6.45) is 64.3. The number of carbonyl (C=O) groups excluding carboxylic acids is 1. The summed E-state index contributed by atoms with van der Waals surface area (Å²) >= 11 is 0. The quantitative estimate of drug-likeness (QED) is 0.0215. The minimum absolute atomic E-state index is 0.249. The standard InChI is InChI=1S/C71H137NO10/c1-3-5-7-9-11-13-15-17-19-21-23-24-25-26-27-28-29-30-31-32-33-34-35-36-37-38-39-41-43-45-47-49-51-53-55-57-59-64(75)70(80)72-62(61-81-71-69(79)68(78)67(77)65(60-73)82-71)66(76)63(74)58-56-54-52-50-48-46-44-42-40-22-20-18-16-14-12-10-8-6-4-2/h42,44,50,52,62-69,71,73-79H,3-41,43,45-49,51,53-61H2,1-2H3,(H,72,80)/b44-42+,52-50+. The first-order valence-corrected chi connectivity index (χ1v) is 35.7. The molecule has 1 aliphatic heterocycles. The highest BCUT2D eigenvalue weighted by Gasteiger charge is 2.44. The van der Waals surface area contributed by atoms with Crippen molar-refractivity contribution in [1.29, 1.82) is 0 Å². The molecule has 0 aromatic heterocycles. The lowest BCUT2D eigenvalue weighted by Crippen LogP contribution is -2.60. The Labute approximate surface area is 505 Å². The van der Waals surface area contributed by atoms with Crippen LogP contribution in [0.15, 0.2) is 24.3 Å². The van der Waals surface area contributed by atoms with Crippen LogP contribution in [-0.2, 0) is 14.3 Å². The lowest BCUT2D eigenvalue weighted by molar-refractivity contribution is -0.303. The maximum atomic E-state index is 13.2. The Hall–Kier alpha value is -1.41. The predicted octanol–water partition coefficient (Wildman–Crippen LogP) is 17.2. The van der Waals surface area contributed by atoms with Gasteiger partial charge in [0.05, 0.1) is 25.4 Å². The fourth-order valence-electron chi connectivity index (χ4n) is 11.8. The number of nitrogens with one attached hydrogen (secondary N) is 1. The van der Waals surface area contributed by atoms with Gasteiger partial charge in [-0.1, -0.05) is 327 Å². The van der Waals surface area contributed by atoms with Crippen LogP contribution in [0.3, 0.4) is 0 Å². The zero-order valence-corrected chi connectivity index (χ0v) is 53.8. The van der Waals surface area contributed by atoms with Crippen molar-refractivity contribution in [3.8, 4) is 0 Å². The van der Waals surface area contributed by atoms with Gasteiger partial charge in [0.15, 0.2) is 6.29 Å².